The largest absolute Gasteiger partial charge is 0.353 e. The van der Waals surface area contributed by atoms with Crippen molar-refractivity contribution in [2.24, 2.45) is 29.6 Å². The number of hydrogen-bond acceptors (Lipinski definition) is 5. The summed E-state index contributed by atoms with van der Waals surface area (Å²) >= 11 is 0. The van der Waals surface area contributed by atoms with Crippen molar-refractivity contribution in [1.82, 2.24) is 21.3 Å². The van der Waals surface area contributed by atoms with Crippen LogP contribution in [0.1, 0.15) is 136 Å². The predicted molar refractivity (Wildman–Crippen MR) is 175 cm³/mol. The number of fused-ring (bicyclic) bond motifs is 8. The number of carbonyl (C=O) groups is 5. The molecule has 10 nitrogen and oxygen atoms in total. The van der Waals surface area contributed by atoms with Crippen molar-refractivity contribution in [3.8, 4) is 0 Å². The minimum absolute atomic E-state index is 0.00433. The molecule has 5 fully saturated rings. The van der Waals surface area contributed by atoms with E-state index >= 15 is 0 Å². The number of primary amides is 1. The summed E-state index contributed by atoms with van der Waals surface area (Å²) in [5, 5.41) is 14.9. The summed E-state index contributed by atoms with van der Waals surface area (Å²) in [6, 6.07) is 0.159. The van der Waals surface area contributed by atoms with E-state index in [-0.39, 0.29) is 89.3 Å². The molecule has 0 radical (unpaired) electrons. The molecule has 1 saturated heterocycles. The zero-order valence-corrected chi connectivity index (χ0v) is 28.3. The van der Waals surface area contributed by atoms with Gasteiger partial charge in [-0.3, -0.25) is 24.5 Å². The van der Waals surface area contributed by atoms with Crippen LogP contribution in [0.2, 0.25) is 0 Å². The average molecular weight is 643 g/mol. The lowest BCUT2D eigenvalue weighted by Gasteiger charge is -2.34. The van der Waals surface area contributed by atoms with Crippen LogP contribution in [0.3, 0.4) is 0 Å². The second kappa shape index (κ2) is 16.6. The van der Waals surface area contributed by atoms with E-state index in [2.05, 4.69) is 21.3 Å². The highest BCUT2D eigenvalue weighted by Crippen LogP contribution is 2.30. The Hall–Kier alpha value is -2.49. The zero-order chi connectivity index (χ0) is 32.6. The molecule has 1 heterocycles. The van der Waals surface area contributed by atoms with Gasteiger partial charge in [-0.2, -0.15) is 0 Å². The van der Waals surface area contributed by atoms with E-state index in [1.165, 1.54) is 0 Å². The molecule has 4 saturated carbocycles. The standard InChI is InChI=1S/C36H59N5O5/c1-22-8-3-9-23(2)37-33(43)24-10-4-15-29(18-24)39-35(45)26-12-6-17-31(20-26)41-36(46)27-13-7-16-30(21-27)40-34(44)25-11-5-14-28(19-25)38-32(22)42/h22-31H,3-21H2,1-2H3,(H,37,43)(H,38,42)(H,39,45)(H,40,44)(H,41,46)/p+1. The lowest BCUT2D eigenvalue weighted by Crippen LogP contribution is -2.95. The average Bonchev–Trinajstić information content (AvgIpc) is 3.04. The maximum atomic E-state index is 13.4. The molecule has 5 aliphatic rings. The van der Waals surface area contributed by atoms with Crippen LogP contribution in [0.4, 0.5) is 0 Å². The normalized spacial score (nSPS) is 39.6. The van der Waals surface area contributed by atoms with Gasteiger partial charge in [-0.05, 0) is 96.8 Å². The minimum atomic E-state index is -0.128. The van der Waals surface area contributed by atoms with Crippen LogP contribution in [0.5, 0.6) is 0 Å². The van der Waals surface area contributed by atoms with Gasteiger partial charge in [0.05, 0.1) is 12.0 Å². The molecule has 10 heteroatoms. The number of quaternary nitrogens is 1. The van der Waals surface area contributed by atoms with Crippen LogP contribution in [0, 0.1) is 29.6 Å². The first-order valence-electron chi connectivity index (χ1n) is 18.7. The number of nitrogens with one attached hydrogen (secondary N) is 4. The first kappa shape index (κ1) is 34.8. The molecule has 5 rings (SSSR count). The number of amides is 5. The summed E-state index contributed by atoms with van der Waals surface area (Å²) in [6.07, 6.45) is 15.8. The van der Waals surface area contributed by atoms with Gasteiger partial charge in [0.1, 0.15) is 0 Å². The van der Waals surface area contributed by atoms with E-state index in [1.807, 2.05) is 19.2 Å². The molecule has 5 amide bonds. The zero-order valence-electron chi connectivity index (χ0n) is 28.3. The maximum Gasteiger partial charge on any atom is 0.313 e. The van der Waals surface area contributed by atoms with Gasteiger partial charge < -0.3 is 21.3 Å². The van der Waals surface area contributed by atoms with Gasteiger partial charge in [0.2, 0.25) is 23.6 Å². The van der Waals surface area contributed by atoms with Gasteiger partial charge in [0.15, 0.2) is 0 Å². The maximum absolute atomic E-state index is 13.4. The third kappa shape index (κ3) is 9.77. The number of rotatable bonds is 0. The summed E-state index contributed by atoms with van der Waals surface area (Å²) in [5.74, 6) is -0.0957. The second-order valence-corrected chi connectivity index (χ2v) is 15.6. The van der Waals surface area contributed by atoms with Gasteiger partial charge in [-0.15, -0.1) is 0 Å². The van der Waals surface area contributed by atoms with Gasteiger partial charge in [-0.1, -0.05) is 32.6 Å². The quantitative estimate of drug-likeness (QED) is 0.275. The highest BCUT2D eigenvalue weighted by Gasteiger charge is 2.37. The third-order valence-corrected chi connectivity index (χ3v) is 11.8. The molecule has 6 N–H and O–H groups in total. The third-order valence-electron chi connectivity index (χ3n) is 11.8. The Labute approximate surface area is 275 Å². The Morgan fingerprint density at radius 3 is 1.48 bits per heavy atom. The molecule has 10 atom stereocenters. The van der Waals surface area contributed by atoms with Crippen LogP contribution >= 0.6 is 0 Å². The highest BCUT2D eigenvalue weighted by molar-refractivity contribution is 5.82. The van der Waals surface area contributed by atoms with Gasteiger partial charge >= 0.3 is 5.91 Å². The van der Waals surface area contributed by atoms with Crippen molar-refractivity contribution in [3.63, 3.8) is 0 Å². The fourth-order valence-electron chi connectivity index (χ4n) is 8.96. The smallest absolute Gasteiger partial charge is 0.313 e. The molecule has 46 heavy (non-hydrogen) atoms. The fraction of sp³-hybridized carbons (Fsp3) is 0.861. The Balaban J connectivity index is 1.24. The molecule has 1 aliphatic heterocycles. The molecule has 0 aromatic heterocycles. The van der Waals surface area contributed by atoms with Crippen LogP contribution in [-0.2, 0) is 24.0 Å². The van der Waals surface area contributed by atoms with Crippen LogP contribution in [-0.4, -0.2) is 59.7 Å². The predicted octanol–water partition coefficient (Wildman–Crippen LogP) is 2.98. The lowest BCUT2D eigenvalue weighted by molar-refractivity contribution is -0.613. The topological polar surface area (TPSA) is 150 Å². The molecule has 10 unspecified atom stereocenters. The molecular weight excluding hydrogens is 582 g/mol. The van der Waals surface area contributed by atoms with Crippen molar-refractivity contribution in [2.75, 3.05) is 0 Å². The summed E-state index contributed by atoms with van der Waals surface area (Å²) in [4.78, 5) is 66.4. The minimum Gasteiger partial charge on any atom is -0.353 e. The van der Waals surface area contributed by atoms with E-state index in [4.69, 9.17) is 0 Å². The Morgan fingerprint density at radius 1 is 0.457 bits per heavy atom. The van der Waals surface area contributed by atoms with E-state index in [9.17, 15) is 24.0 Å². The van der Waals surface area contributed by atoms with E-state index < -0.39 is 0 Å². The van der Waals surface area contributed by atoms with E-state index in [1.54, 1.807) is 0 Å². The molecule has 0 aromatic rings. The lowest BCUT2D eigenvalue weighted by atomic mass is 9.81. The molecule has 0 aromatic carbocycles. The van der Waals surface area contributed by atoms with E-state index in [0.29, 0.717) is 19.3 Å². The monoisotopic (exact) mass is 642 g/mol. The van der Waals surface area contributed by atoms with Crippen LogP contribution in [0.15, 0.2) is 0 Å². The van der Waals surface area contributed by atoms with Crippen molar-refractivity contribution < 1.29 is 29.3 Å². The number of carbonyl (C=O) groups excluding carboxylic acids is 5. The fourth-order valence-corrected chi connectivity index (χ4v) is 8.96. The van der Waals surface area contributed by atoms with E-state index in [0.717, 1.165) is 103 Å². The van der Waals surface area contributed by atoms with Crippen LogP contribution in [0.25, 0.3) is 0 Å². The van der Waals surface area contributed by atoms with Crippen molar-refractivity contribution >= 4 is 29.5 Å². The molecular formula is C36H60N5O5+. The molecule has 0 spiro atoms. The molecule has 8 bridgehead atoms. The first-order chi connectivity index (χ1) is 22.1. The Morgan fingerprint density at radius 2 is 0.891 bits per heavy atom. The summed E-state index contributed by atoms with van der Waals surface area (Å²) in [5.41, 5.74) is 0. The van der Waals surface area contributed by atoms with Gasteiger partial charge in [0.25, 0.3) is 0 Å². The van der Waals surface area contributed by atoms with Crippen molar-refractivity contribution in [2.45, 2.75) is 166 Å². The van der Waals surface area contributed by atoms with Crippen molar-refractivity contribution in [3.05, 3.63) is 0 Å². The number of hydrogen-bond donors (Lipinski definition) is 5. The second-order valence-electron chi connectivity index (χ2n) is 15.6. The van der Waals surface area contributed by atoms with Crippen molar-refractivity contribution in [1.29, 1.82) is 0 Å². The SMILES string of the molecule is CC1CCCC(C)C(=O)NC2CCCC(C2)C(=O)NC2CCCC(C2)C(=O)NC2CCCC(C2)C(=O)[NH2+]C2CCCC(C2)C(=O)N1. The first-order valence-corrected chi connectivity index (χ1v) is 18.7. The van der Waals surface area contributed by atoms with Crippen LogP contribution < -0.4 is 26.6 Å². The van der Waals surface area contributed by atoms with Gasteiger partial charge in [-0.25, -0.2) is 4.79 Å². The summed E-state index contributed by atoms with van der Waals surface area (Å²) in [7, 11) is 0. The summed E-state index contributed by atoms with van der Waals surface area (Å²) in [6.45, 7) is 4.00. The molecule has 4 aliphatic carbocycles. The Kier molecular flexibility index (Phi) is 12.5. The number of nitrogens with two attached hydrogens (primary N) is 1. The Bertz CT molecular complexity index is 1100. The highest BCUT2D eigenvalue weighted by atomic mass is 16.2. The van der Waals surface area contributed by atoms with Gasteiger partial charge in [0, 0.05) is 54.3 Å². The molecule has 258 valence electrons. The summed E-state index contributed by atoms with van der Waals surface area (Å²) < 4.78 is 0.